The molecule has 0 aromatic heterocycles. The lowest BCUT2D eigenvalue weighted by Crippen LogP contribution is -2.25. The Morgan fingerprint density at radius 3 is 2.64 bits per heavy atom. The Hall–Kier alpha value is -1.76. The highest BCUT2D eigenvalue weighted by molar-refractivity contribution is 9.10. The molecule has 0 fully saturated rings. The predicted octanol–water partition coefficient (Wildman–Crippen LogP) is 5.03. The fraction of sp³-hybridized carbons (Fsp3) is 0.176. The van der Waals surface area contributed by atoms with Crippen LogP contribution in [-0.4, -0.2) is 23.4 Å². The Labute approximate surface area is 163 Å². The molecule has 1 aliphatic heterocycles. The molecule has 0 bridgehead atoms. The fourth-order valence-electron chi connectivity index (χ4n) is 2.24. The van der Waals surface area contributed by atoms with E-state index in [4.69, 9.17) is 32.7 Å². The third-order valence-corrected chi connectivity index (χ3v) is 4.47. The molecule has 1 aliphatic rings. The second-order valence-electron chi connectivity index (χ2n) is 5.24. The topological polar surface area (TPSA) is 51.1 Å². The minimum absolute atomic E-state index is 0.0398. The molecule has 1 atom stereocenters. The van der Waals surface area contributed by atoms with Crippen molar-refractivity contribution in [3.8, 4) is 5.75 Å². The SMILES string of the molecule is CC(=O)N1N=C(COc2ccc(Cl)cc2Cl)O[C@@H]1c1ccc(Br)cc1. The highest BCUT2D eigenvalue weighted by atomic mass is 79.9. The number of nitrogens with zero attached hydrogens (tertiary/aromatic N) is 2. The number of hydrogen-bond donors (Lipinski definition) is 0. The van der Waals surface area contributed by atoms with E-state index in [1.807, 2.05) is 24.3 Å². The number of rotatable bonds is 4. The number of carbonyl (C=O) groups excluding carboxylic acids is 1. The van der Waals surface area contributed by atoms with Crippen molar-refractivity contribution in [2.75, 3.05) is 6.61 Å². The molecule has 0 spiro atoms. The molecule has 0 N–H and O–H groups in total. The number of carbonyl (C=O) groups is 1. The van der Waals surface area contributed by atoms with E-state index in [9.17, 15) is 4.79 Å². The minimum atomic E-state index is -0.620. The van der Waals surface area contributed by atoms with Crippen LogP contribution in [0, 0.1) is 0 Å². The van der Waals surface area contributed by atoms with Gasteiger partial charge in [-0.1, -0.05) is 51.3 Å². The molecule has 0 aliphatic carbocycles. The molecule has 1 amide bonds. The summed E-state index contributed by atoms with van der Waals surface area (Å²) in [5.41, 5.74) is 0.807. The Morgan fingerprint density at radius 2 is 2.00 bits per heavy atom. The number of amides is 1. The maximum absolute atomic E-state index is 11.9. The van der Waals surface area contributed by atoms with Gasteiger partial charge in [0.05, 0.1) is 5.02 Å². The Kier molecular flexibility index (Phi) is 5.51. The number of hydrazone groups is 1. The second kappa shape index (κ2) is 7.64. The molecular weight excluding hydrogens is 431 g/mol. The van der Waals surface area contributed by atoms with Crippen molar-refractivity contribution in [1.82, 2.24) is 5.01 Å². The van der Waals surface area contributed by atoms with Gasteiger partial charge in [-0.05, 0) is 30.3 Å². The third kappa shape index (κ3) is 4.26. The maximum Gasteiger partial charge on any atom is 0.247 e. The van der Waals surface area contributed by atoms with Gasteiger partial charge in [0.2, 0.25) is 18.0 Å². The lowest BCUT2D eigenvalue weighted by molar-refractivity contribution is -0.135. The monoisotopic (exact) mass is 442 g/mol. The van der Waals surface area contributed by atoms with Crippen molar-refractivity contribution in [1.29, 1.82) is 0 Å². The Morgan fingerprint density at radius 1 is 1.28 bits per heavy atom. The molecule has 0 saturated carbocycles. The van der Waals surface area contributed by atoms with Crippen molar-refractivity contribution < 1.29 is 14.3 Å². The maximum atomic E-state index is 11.9. The molecule has 130 valence electrons. The average Bonchev–Trinajstić information content (AvgIpc) is 2.99. The van der Waals surface area contributed by atoms with Crippen LogP contribution in [0.25, 0.3) is 0 Å². The quantitative estimate of drug-likeness (QED) is 0.666. The summed E-state index contributed by atoms with van der Waals surface area (Å²) < 4.78 is 12.3. The molecule has 25 heavy (non-hydrogen) atoms. The molecule has 5 nitrogen and oxygen atoms in total. The van der Waals surface area contributed by atoms with Gasteiger partial charge in [-0.2, -0.15) is 5.01 Å². The van der Waals surface area contributed by atoms with Crippen molar-refractivity contribution in [3.05, 3.63) is 62.5 Å². The lowest BCUT2D eigenvalue weighted by atomic mass is 10.2. The first-order valence-corrected chi connectivity index (χ1v) is 8.86. The first-order valence-electron chi connectivity index (χ1n) is 7.31. The zero-order valence-electron chi connectivity index (χ0n) is 13.1. The van der Waals surface area contributed by atoms with Gasteiger partial charge in [-0.25, -0.2) is 0 Å². The summed E-state index contributed by atoms with van der Waals surface area (Å²) >= 11 is 15.3. The van der Waals surface area contributed by atoms with Gasteiger partial charge in [-0.15, -0.1) is 5.10 Å². The van der Waals surface area contributed by atoms with Gasteiger partial charge in [0, 0.05) is 22.0 Å². The van der Waals surface area contributed by atoms with E-state index in [0.717, 1.165) is 10.0 Å². The van der Waals surface area contributed by atoms with Crippen LogP contribution in [0.5, 0.6) is 5.75 Å². The van der Waals surface area contributed by atoms with Gasteiger partial charge in [-0.3, -0.25) is 4.79 Å². The summed E-state index contributed by atoms with van der Waals surface area (Å²) in [5, 5.41) is 6.39. The van der Waals surface area contributed by atoms with E-state index in [0.29, 0.717) is 15.8 Å². The average molecular weight is 444 g/mol. The second-order valence-corrected chi connectivity index (χ2v) is 7.00. The van der Waals surface area contributed by atoms with Crippen LogP contribution in [-0.2, 0) is 9.53 Å². The van der Waals surface area contributed by atoms with E-state index < -0.39 is 6.23 Å². The van der Waals surface area contributed by atoms with E-state index in [-0.39, 0.29) is 18.4 Å². The summed E-state index contributed by atoms with van der Waals surface area (Å²) in [7, 11) is 0. The van der Waals surface area contributed by atoms with Crippen molar-refractivity contribution in [2.24, 2.45) is 5.10 Å². The number of hydrogen-bond acceptors (Lipinski definition) is 4. The molecule has 1 heterocycles. The van der Waals surface area contributed by atoms with Crippen LogP contribution in [0.1, 0.15) is 18.7 Å². The molecule has 8 heteroatoms. The fourth-order valence-corrected chi connectivity index (χ4v) is 2.97. The normalized spacial score (nSPS) is 16.4. The van der Waals surface area contributed by atoms with Crippen LogP contribution in [0.4, 0.5) is 0 Å². The van der Waals surface area contributed by atoms with Gasteiger partial charge < -0.3 is 9.47 Å². The summed E-state index contributed by atoms with van der Waals surface area (Å²) in [4.78, 5) is 11.9. The van der Waals surface area contributed by atoms with E-state index in [2.05, 4.69) is 21.0 Å². The molecule has 0 radical (unpaired) electrons. The van der Waals surface area contributed by atoms with E-state index in [1.54, 1.807) is 18.2 Å². The van der Waals surface area contributed by atoms with Gasteiger partial charge >= 0.3 is 0 Å². The molecule has 0 saturated heterocycles. The highest BCUT2D eigenvalue weighted by Gasteiger charge is 2.32. The molecular formula is C17H13BrCl2N2O3. The molecule has 0 unspecified atom stereocenters. The highest BCUT2D eigenvalue weighted by Crippen LogP contribution is 2.31. The smallest absolute Gasteiger partial charge is 0.247 e. The van der Waals surface area contributed by atoms with Crippen molar-refractivity contribution >= 4 is 50.9 Å². The van der Waals surface area contributed by atoms with Gasteiger partial charge in [0.1, 0.15) is 5.75 Å². The minimum Gasteiger partial charge on any atom is -0.482 e. The summed E-state index contributed by atoms with van der Waals surface area (Å²) in [6.07, 6.45) is -0.620. The number of benzene rings is 2. The summed E-state index contributed by atoms with van der Waals surface area (Å²) in [6.45, 7) is 1.47. The van der Waals surface area contributed by atoms with E-state index >= 15 is 0 Å². The molecule has 2 aromatic rings. The van der Waals surface area contributed by atoms with Crippen LogP contribution < -0.4 is 4.74 Å². The Bertz CT molecular complexity index is 827. The lowest BCUT2D eigenvalue weighted by Gasteiger charge is -2.19. The molecule has 2 aromatic carbocycles. The third-order valence-electron chi connectivity index (χ3n) is 3.41. The summed E-state index contributed by atoms with van der Waals surface area (Å²) in [5.74, 6) is 0.514. The van der Waals surface area contributed by atoms with Crippen LogP contribution in [0.3, 0.4) is 0 Å². The molecule has 3 rings (SSSR count). The van der Waals surface area contributed by atoms with Crippen LogP contribution in [0.15, 0.2) is 52.0 Å². The first kappa shape index (κ1) is 18.0. The van der Waals surface area contributed by atoms with Gasteiger partial charge in [0.25, 0.3) is 0 Å². The van der Waals surface area contributed by atoms with Crippen molar-refractivity contribution in [3.63, 3.8) is 0 Å². The van der Waals surface area contributed by atoms with E-state index in [1.165, 1.54) is 11.9 Å². The zero-order chi connectivity index (χ0) is 18.0. The van der Waals surface area contributed by atoms with Crippen molar-refractivity contribution in [2.45, 2.75) is 13.2 Å². The first-order chi connectivity index (χ1) is 11.9. The number of halogens is 3. The van der Waals surface area contributed by atoms with Crippen LogP contribution >= 0.6 is 39.1 Å². The van der Waals surface area contributed by atoms with Crippen LogP contribution in [0.2, 0.25) is 10.0 Å². The Balaban J connectivity index is 1.73. The van der Waals surface area contributed by atoms with Gasteiger partial charge in [0.15, 0.2) is 6.61 Å². The number of ether oxygens (including phenoxy) is 2. The largest absolute Gasteiger partial charge is 0.482 e. The predicted molar refractivity (Wildman–Crippen MR) is 99.9 cm³/mol. The summed E-state index contributed by atoms with van der Waals surface area (Å²) in [6, 6.07) is 12.4. The standard InChI is InChI=1S/C17H13BrCl2N2O3/c1-10(23)22-17(11-2-4-12(18)5-3-11)25-16(21-22)9-24-15-7-6-13(19)8-14(15)20/h2-8,17H,9H2,1H3/t17-/m1/s1. The zero-order valence-corrected chi connectivity index (χ0v) is 16.2.